The quantitative estimate of drug-likeness (QED) is 0.279. The second kappa shape index (κ2) is 12.7. The normalized spacial score (nSPS) is 18.6. The first-order valence-electron chi connectivity index (χ1n) is 14.5. The molecule has 0 radical (unpaired) electrons. The summed E-state index contributed by atoms with van der Waals surface area (Å²) in [7, 11) is 1.57. The van der Waals surface area contributed by atoms with Crippen LogP contribution in [0.2, 0.25) is 0 Å². The van der Waals surface area contributed by atoms with Gasteiger partial charge < -0.3 is 25.7 Å². The number of methoxy groups -OCH3 is 1. The summed E-state index contributed by atoms with van der Waals surface area (Å²) >= 11 is 0. The predicted octanol–water partition coefficient (Wildman–Crippen LogP) is 3.24. The minimum absolute atomic E-state index is 0.0584. The first kappa shape index (κ1) is 29.1. The van der Waals surface area contributed by atoms with Gasteiger partial charge in [-0.15, -0.1) is 0 Å². The zero-order valence-electron chi connectivity index (χ0n) is 24.3. The molecule has 3 aromatic rings. The summed E-state index contributed by atoms with van der Waals surface area (Å²) in [5.74, 6) is -0.376. The SMILES string of the molecule is COc1cccc2[nH]c(C(=O)NC(CC(C)C)C(=O)NC(CC3CCNC3=O)C(C#N)N3Cc4ccccc4C3)cc12. The summed E-state index contributed by atoms with van der Waals surface area (Å²) in [4.78, 5) is 44.9. The molecule has 2 aliphatic rings. The molecule has 1 fully saturated rings. The van der Waals surface area contributed by atoms with Gasteiger partial charge >= 0.3 is 0 Å². The largest absolute Gasteiger partial charge is 0.496 e. The number of aromatic amines is 1. The number of hydrogen-bond donors (Lipinski definition) is 4. The Morgan fingerprint density at radius 3 is 2.48 bits per heavy atom. The van der Waals surface area contributed by atoms with E-state index in [0.717, 1.165) is 22.0 Å². The van der Waals surface area contributed by atoms with Crippen LogP contribution in [0.15, 0.2) is 48.5 Å². The lowest BCUT2D eigenvalue weighted by atomic mass is 9.92. The van der Waals surface area contributed by atoms with Crippen molar-refractivity contribution in [3.8, 4) is 11.8 Å². The van der Waals surface area contributed by atoms with Crippen LogP contribution < -0.4 is 20.7 Å². The van der Waals surface area contributed by atoms with Gasteiger partial charge in [0, 0.05) is 36.5 Å². The molecule has 42 heavy (non-hydrogen) atoms. The third kappa shape index (κ3) is 6.26. The molecule has 10 heteroatoms. The smallest absolute Gasteiger partial charge is 0.268 e. The summed E-state index contributed by atoms with van der Waals surface area (Å²) in [6, 6.07) is 15.6. The molecule has 0 saturated carbocycles. The number of nitrogens with zero attached hydrogens (tertiary/aromatic N) is 2. The number of ether oxygens (including phenoxy) is 1. The van der Waals surface area contributed by atoms with Crippen molar-refractivity contribution in [3.05, 3.63) is 65.4 Å². The Hall–Kier alpha value is -4.36. The Bertz CT molecular complexity index is 1480. The number of hydrogen-bond acceptors (Lipinski definition) is 6. The number of carbonyl (C=O) groups is 3. The molecule has 1 saturated heterocycles. The second-order valence-corrected chi connectivity index (χ2v) is 11.6. The number of fused-ring (bicyclic) bond motifs is 2. The Labute approximate surface area is 245 Å². The topological polar surface area (TPSA) is 139 Å². The van der Waals surface area contributed by atoms with Crippen LogP contribution in [0.3, 0.4) is 0 Å². The first-order valence-corrected chi connectivity index (χ1v) is 14.5. The average molecular weight is 571 g/mol. The van der Waals surface area contributed by atoms with E-state index in [2.05, 4.69) is 44.0 Å². The lowest BCUT2D eigenvalue weighted by molar-refractivity contribution is -0.126. The fourth-order valence-corrected chi connectivity index (χ4v) is 6.08. The summed E-state index contributed by atoms with van der Waals surface area (Å²) in [6.07, 6.45) is 1.40. The fraction of sp³-hybridized carbons (Fsp3) is 0.438. The highest BCUT2D eigenvalue weighted by Gasteiger charge is 2.38. The van der Waals surface area contributed by atoms with Crippen LogP contribution in [0.25, 0.3) is 10.9 Å². The van der Waals surface area contributed by atoms with Crippen molar-refractivity contribution in [1.82, 2.24) is 25.8 Å². The number of amides is 3. The molecule has 2 aliphatic heterocycles. The second-order valence-electron chi connectivity index (χ2n) is 11.6. The zero-order valence-corrected chi connectivity index (χ0v) is 24.3. The van der Waals surface area contributed by atoms with Gasteiger partial charge in [0.25, 0.3) is 5.91 Å². The van der Waals surface area contributed by atoms with Crippen molar-refractivity contribution in [2.75, 3.05) is 13.7 Å². The average Bonchev–Trinajstić information content (AvgIpc) is 3.70. The van der Waals surface area contributed by atoms with Crippen molar-refractivity contribution in [2.24, 2.45) is 11.8 Å². The molecule has 3 heterocycles. The van der Waals surface area contributed by atoms with Crippen molar-refractivity contribution in [2.45, 2.75) is 64.3 Å². The molecule has 4 atom stereocenters. The van der Waals surface area contributed by atoms with E-state index in [4.69, 9.17) is 4.74 Å². The van der Waals surface area contributed by atoms with Crippen LogP contribution in [0.5, 0.6) is 5.75 Å². The molecule has 4 N–H and O–H groups in total. The van der Waals surface area contributed by atoms with E-state index in [1.54, 1.807) is 13.2 Å². The van der Waals surface area contributed by atoms with E-state index in [1.165, 1.54) is 0 Å². The summed E-state index contributed by atoms with van der Waals surface area (Å²) in [5.41, 5.74) is 3.38. The monoisotopic (exact) mass is 570 g/mol. The summed E-state index contributed by atoms with van der Waals surface area (Å²) in [5, 5.41) is 20.0. The van der Waals surface area contributed by atoms with Gasteiger partial charge in [-0.25, -0.2) is 0 Å². The maximum atomic E-state index is 13.9. The number of carbonyl (C=O) groups excluding carboxylic acids is 3. The Morgan fingerprint density at radius 2 is 1.86 bits per heavy atom. The van der Waals surface area contributed by atoms with Crippen molar-refractivity contribution in [1.29, 1.82) is 5.26 Å². The standard InChI is InChI=1S/C32H38N6O4/c1-19(2)13-26(37-32(41)27-15-23-24(35-27)9-6-10-29(23)42-3)31(40)36-25(14-20-11-12-34-30(20)39)28(16-33)38-17-21-7-4-5-8-22(21)18-38/h4-10,15,19-20,25-26,28,35H,11-14,17-18H2,1-3H3,(H,34,39)(H,36,40)(H,37,41). The maximum absolute atomic E-state index is 13.9. The Balaban J connectivity index is 1.36. The Morgan fingerprint density at radius 1 is 1.12 bits per heavy atom. The van der Waals surface area contributed by atoms with Gasteiger partial charge in [0.1, 0.15) is 23.5 Å². The predicted molar refractivity (Wildman–Crippen MR) is 158 cm³/mol. The number of nitrogens with one attached hydrogen (secondary N) is 4. The molecule has 10 nitrogen and oxygen atoms in total. The summed E-state index contributed by atoms with van der Waals surface area (Å²) < 4.78 is 5.42. The minimum Gasteiger partial charge on any atom is -0.496 e. The molecule has 0 aliphatic carbocycles. The van der Waals surface area contributed by atoms with Gasteiger partial charge in [-0.1, -0.05) is 44.2 Å². The number of H-pyrrole nitrogens is 1. The van der Waals surface area contributed by atoms with Gasteiger partial charge in [0.15, 0.2) is 0 Å². The van der Waals surface area contributed by atoms with E-state index in [1.807, 2.05) is 44.2 Å². The number of aromatic nitrogens is 1. The number of rotatable bonds is 11. The van der Waals surface area contributed by atoms with Gasteiger partial charge in [-0.3, -0.25) is 19.3 Å². The molecular formula is C32H38N6O4. The van der Waals surface area contributed by atoms with E-state index in [0.29, 0.717) is 50.3 Å². The van der Waals surface area contributed by atoms with Crippen molar-refractivity contribution < 1.29 is 19.1 Å². The van der Waals surface area contributed by atoms with E-state index in [9.17, 15) is 19.6 Å². The van der Waals surface area contributed by atoms with Crippen molar-refractivity contribution >= 4 is 28.6 Å². The van der Waals surface area contributed by atoms with E-state index >= 15 is 0 Å². The molecule has 0 spiro atoms. The highest BCUT2D eigenvalue weighted by Crippen LogP contribution is 2.29. The first-order chi connectivity index (χ1) is 20.3. The lowest BCUT2D eigenvalue weighted by Gasteiger charge is -2.32. The van der Waals surface area contributed by atoms with Gasteiger partial charge in [0.2, 0.25) is 11.8 Å². The van der Waals surface area contributed by atoms with E-state index in [-0.39, 0.29) is 23.7 Å². The third-order valence-corrected chi connectivity index (χ3v) is 8.22. The van der Waals surface area contributed by atoms with Crippen LogP contribution in [0.1, 0.15) is 54.7 Å². The maximum Gasteiger partial charge on any atom is 0.268 e. The van der Waals surface area contributed by atoms with Crippen LogP contribution in [-0.4, -0.2) is 59.4 Å². The molecule has 5 rings (SSSR count). The summed E-state index contributed by atoms with van der Waals surface area (Å²) in [6.45, 7) is 5.74. The highest BCUT2D eigenvalue weighted by molar-refractivity contribution is 6.01. The van der Waals surface area contributed by atoms with Gasteiger partial charge in [0.05, 0.1) is 19.2 Å². The fourth-order valence-electron chi connectivity index (χ4n) is 6.08. The zero-order chi connectivity index (χ0) is 29.8. The van der Waals surface area contributed by atoms with Gasteiger partial charge in [-0.05, 0) is 54.5 Å². The lowest BCUT2D eigenvalue weighted by Crippen LogP contribution is -2.56. The Kier molecular flexibility index (Phi) is 8.78. The third-order valence-electron chi connectivity index (χ3n) is 8.22. The highest BCUT2D eigenvalue weighted by atomic mass is 16.5. The molecule has 2 aromatic carbocycles. The molecule has 4 unspecified atom stereocenters. The molecule has 1 aromatic heterocycles. The van der Waals surface area contributed by atoms with Crippen LogP contribution in [0.4, 0.5) is 0 Å². The molecule has 220 valence electrons. The van der Waals surface area contributed by atoms with Crippen molar-refractivity contribution in [3.63, 3.8) is 0 Å². The molecule has 0 bridgehead atoms. The minimum atomic E-state index is -0.833. The van der Waals surface area contributed by atoms with E-state index < -0.39 is 24.0 Å². The van der Waals surface area contributed by atoms with Crippen LogP contribution in [-0.2, 0) is 22.7 Å². The van der Waals surface area contributed by atoms with Gasteiger partial charge in [-0.2, -0.15) is 5.26 Å². The van der Waals surface area contributed by atoms with Crippen LogP contribution >= 0.6 is 0 Å². The van der Waals surface area contributed by atoms with Crippen LogP contribution in [0, 0.1) is 23.2 Å². The molecule has 3 amide bonds. The number of benzene rings is 2. The number of nitriles is 1. The molecular weight excluding hydrogens is 532 g/mol.